The molecule has 1 aromatic rings. The Morgan fingerprint density at radius 1 is 1.21 bits per heavy atom. The van der Waals surface area contributed by atoms with Gasteiger partial charge in [-0.2, -0.15) is 0 Å². The third-order valence-corrected chi connectivity index (χ3v) is 5.05. The molecular formula is C17H23FN2O4. The summed E-state index contributed by atoms with van der Waals surface area (Å²) in [4.78, 5) is 2.19. The topological polar surface area (TPSA) is 63.2 Å². The molecule has 0 spiro atoms. The van der Waals surface area contributed by atoms with Crippen molar-refractivity contribution in [2.45, 2.75) is 37.1 Å². The average Bonchev–Trinajstić information content (AvgIpc) is 3.02. The highest BCUT2D eigenvalue weighted by atomic mass is 19.1. The van der Waals surface area contributed by atoms with Gasteiger partial charge in [0.15, 0.2) is 6.29 Å². The van der Waals surface area contributed by atoms with Crippen LogP contribution in [0.1, 0.15) is 5.56 Å². The highest BCUT2D eigenvalue weighted by Crippen LogP contribution is 2.31. The van der Waals surface area contributed by atoms with Crippen LogP contribution in [0, 0.1) is 5.82 Å². The number of rotatable bonds is 4. The molecule has 2 bridgehead atoms. The van der Waals surface area contributed by atoms with E-state index in [4.69, 9.17) is 14.2 Å². The molecule has 5 atom stereocenters. The van der Waals surface area contributed by atoms with Crippen LogP contribution in [-0.2, 0) is 20.8 Å². The second kappa shape index (κ2) is 7.03. The van der Waals surface area contributed by atoms with Gasteiger partial charge >= 0.3 is 0 Å². The van der Waals surface area contributed by atoms with E-state index in [0.717, 1.165) is 18.7 Å². The van der Waals surface area contributed by atoms with Gasteiger partial charge in [-0.1, -0.05) is 12.1 Å². The first-order valence-electron chi connectivity index (χ1n) is 8.47. The van der Waals surface area contributed by atoms with Crippen LogP contribution in [0.25, 0.3) is 0 Å². The number of ether oxygens (including phenoxy) is 3. The lowest BCUT2D eigenvalue weighted by Crippen LogP contribution is -2.65. The standard InChI is InChI=1S/C17H23FN2O4/c18-12-3-1-11(2-4-12)9-19-14-13-10-23-17(24-13)15(16(14)21)20-5-7-22-8-6-20/h1-4,13-17,19,21H,5-10H2. The predicted molar refractivity (Wildman–Crippen MR) is 83.8 cm³/mol. The van der Waals surface area contributed by atoms with Crippen LogP contribution in [-0.4, -0.2) is 73.5 Å². The molecule has 0 aliphatic carbocycles. The van der Waals surface area contributed by atoms with E-state index in [-0.39, 0.29) is 30.3 Å². The molecule has 0 aromatic heterocycles. The molecule has 24 heavy (non-hydrogen) atoms. The smallest absolute Gasteiger partial charge is 0.176 e. The molecular weight excluding hydrogens is 315 g/mol. The molecule has 0 radical (unpaired) electrons. The van der Waals surface area contributed by atoms with Gasteiger partial charge in [0.05, 0.1) is 38.0 Å². The van der Waals surface area contributed by atoms with Crippen molar-refractivity contribution in [3.8, 4) is 0 Å². The molecule has 6 nitrogen and oxygen atoms in total. The van der Waals surface area contributed by atoms with Crippen molar-refractivity contribution in [3.05, 3.63) is 35.6 Å². The molecule has 3 fully saturated rings. The third-order valence-electron chi connectivity index (χ3n) is 5.05. The summed E-state index contributed by atoms with van der Waals surface area (Å²) in [6.07, 6.45) is -1.13. The lowest BCUT2D eigenvalue weighted by Gasteiger charge is -2.45. The fourth-order valence-corrected chi connectivity index (χ4v) is 3.76. The molecule has 4 rings (SSSR count). The molecule has 7 heteroatoms. The Bertz CT molecular complexity index is 552. The SMILES string of the molecule is OC1C(NCc2ccc(F)cc2)C2COC(O2)C1N1CCOCC1. The zero-order valence-electron chi connectivity index (χ0n) is 13.4. The molecule has 0 saturated carbocycles. The fourth-order valence-electron chi connectivity index (χ4n) is 3.76. The van der Waals surface area contributed by atoms with Crippen molar-refractivity contribution in [3.63, 3.8) is 0 Å². The minimum atomic E-state index is -0.588. The number of hydrogen-bond donors (Lipinski definition) is 2. The van der Waals surface area contributed by atoms with Crippen LogP contribution in [0.2, 0.25) is 0 Å². The highest BCUT2D eigenvalue weighted by molar-refractivity contribution is 5.16. The largest absolute Gasteiger partial charge is 0.390 e. The molecule has 2 N–H and O–H groups in total. The molecule has 3 heterocycles. The molecule has 3 aliphatic rings. The summed E-state index contributed by atoms with van der Waals surface area (Å²) in [5, 5.41) is 14.3. The van der Waals surface area contributed by atoms with Gasteiger partial charge in [-0.05, 0) is 17.7 Å². The van der Waals surface area contributed by atoms with Crippen molar-refractivity contribution in [2.24, 2.45) is 0 Å². The van der Waals surface area contributed by atoms with Crippen LogP contribution in [0.4, 0.5) is 4.39 Å². The second-order valence-electron chi connectivity index (χ2n) is 6.54. The van der Waals surface area contributed by atoms with E-state index >= 15 is 0 Å². The van der Waals surface area contributed by atoms with Gasteiger partial charge in [-0.25, -0.2) is 4.39 Å². The second-order valence-corrected chi connectivity index (χ2v) is 6.54. The van der Waals surface area contributed by atoms with Gasteiger partial charge in [-0.3, -0.25) is 4.90 Å². The summed E-state index contributed by atoms with van der Waals surface area (Å²) in [5.41, 5.74) is 0.965. The van der Waals surface area contributed by atoms with Crippen molar-refractivity contribution >= 4 is 0 Å². The monoisotopic (exact) mass is 338 g/mol. The highest BCUT2D eigenvalue weighted by Gasteiger charge is 2.52. The maximum Gasteiger partial charge on any atom is 0.176 e. The van der Waals surface area contributed by atoms with Gasteiger partial charge in [0.25, 0.3) is 0 Å². The van der Waals surface area contributed by atoms with E-state index in [2.05, 4.69) is 10.2 Å². The zero-order valence-corrected chi connectivity index (χ0v) is 13.4. The van der Waals surface area contributed by atoms with Crippen molar-refractivity contribution in [1.82, 2.24) is 10.2 Å². The average molecular weight is 338 g/mol. The van der Waals surface area contributed by atoms with Crippen molar-refractivity contribution in [2.75, 3.05) is 32.9 Å². The number of morpholine rings is 1. The first-order chi connectivity index (χ1) is 11.7. The van der Waals surface area contributed by atoms with Gasteiger partial charge in [0.1, 0.15) is 11.9 Å². The molecule has 132 valence electrons. The number of nitrogens with zero attached hydrogens (tertiary/aromatic N) is 1. The minimum Gasteiger partial charge on any atom is -0.390 e. The maximum atomic E-state index is 13.0. The number of benzene rings is 1. The van der Waals surface area contributed by atoms with Crippen LogP contribution in [0.5, 0.6) is 0 Å². The summed E-state index contributed by atoms with van der Waals surface area (Å²) in [7, 11) is 0. The van der Waals surface area contributed by atoms with Gasteiger partial charge < -0.3 is 24.6 Å². The Morgan fingerprint density at radius 2 is 1.96 bits per heavy atom. The quantitative estimate of drug-likeness (QED) is 0.812. The summed E-state index contributed by atoms with van der Waals surface area (Å²) >= 11 is 0. The molecule has 5 unspecified atom stereocenters. The normalized spacial score (nSPS) is 36.8. The molecule has 3 saturated heterocycles. The molecule has 0 amide bonds. The lowest BCUT2D eigenvalue weighted by atomic mass is 9.94. The third kappa shape index (κ3) is 3.20. The summed E-state index contributed by atoms with van der Waals surface area (Å²) in [6.45, 7) is 3.87. The van der Waals surface area contributed by atoms with Crippen molar-refractivity contribution < 1.29 is 23.7 Å². The Morgan fingerprint density at radius 3 is 2.71 bits per heavy atom. The number of nitrogens with one attached hydrogen (secondary N) is 1. The number of halogens is 1. The number of fused-ring (bicyclic) bond motifs is 2. The van der Waals surface area contributed by atoms with Gasteiger partial charge in [0, 0.05) is 19.6 Å². The zero-order chi connectivity index (χ0) is 16.5. The maximum absolute atomic E-state index is 13.0. The molecule has 3 aliphatic heterocycles. The Labute approximate surface area is 140 Å². The first-order valence-corrected chi connectivity index (χ1v) is 8.47. The summed E-state index contributed by atoms with van der Waals surface area (Å²) in [6, 6.07) is 5.95. The Balaban J connectivity index is 1.44. The summed E-state index contributed by atoms with van der Waals surface area (Å²) < 4.78 is 30.1. The minimum absolute atomic E-state index is 0.164. The Hall–Kier alpha value is -1.09. The summed E-state index contributed by atoms with van der Waals surface area (Å²) in [5.74, 6) is -0.251. The fraction of sp³-hybridized carbons (Fsp3) is 0.647. The van der Waals surface area contributed by atoms with Crippen LogP contribution >= 0.6 is 0 Å². The number of aliphatic hydroxyl groups is 1. The number of aliphatic hydroxyl groups excluding tert-OH is 1. The first kappa shape index (κ1) is 16.4. The van der Waals surface area contributed by atoms with E-state index < -0.39 is 6.10 Å². The van der Waals surface area contributed by atoms with E-state index in [1.165, 1.54) is 12.1 Å². The van der Waals surface area contributed by atoms with Crippen LogP contribution in [0.3, 0.4) is 0 Å². The predicted octanol–water partition coefficient (Wildman–Crippen LogP) is 0.101. The Kier molecular flexibility index (Phi) is 4.80. The van der Waals surface area contributed by atoms with Crippen molar-refractivity contribution in [1.29, 1.82) is 0 Å². The number of hydrogen-bond acceptors (Lipinski definition) is 6. The van der Waals surface area contributed by atoms with E-state index in [9.17, 15) is 9.50 Å². The van der Waals surface area contributed by atoms with E-state index in [1.54, 1.807) is 12.1 Å². The lowest BCUT2D eigenvalue weighted by molar-refractivity contribution is -0.191. The van der Waals surface area contributed by atoms with Gasteiger partial charge in [-0.15, -0.1) is 0 Å². The van der Waals surface area contributed by atoms with Crippen LogP contribution in [0.15, 0.2) is 24.3 Å². The molecule has 1 aromatic carbocycles. The van der Waals surface area contributed by atoms with Gasteiger partial charge in [0.2, 0.25) is 0 Å². The van der Waals surface area contributed by atoms with Crippen LogP contribution < -0.4 is 5.32 Å². The van der Waals surface area contributed by atoms with E-state index in [0.29, 0.717) is 26.4 Å². The van der Waals surface area contributed by atoms with E-state index in [1.807, 2.05) is 0 Å².